The number of rotatable bonds is 7. The van der Waals surface area contributed by atoms with Crippen LogP contribution in [0.25, 0.3) is 0 Å². The van der Waals surface area contributed by atoms with Crippen molar-refractivity contribution in [2.24, 2.45) is 5.73 Å². The molecule has 0 radical (unpaired) electrons. The van der Waals surface area contributed by atoms with E-state index in [0.717, 1.165) is 11.4 Å². The van der Waals surface area contributed by atoms with Crippen molar-refractivity contribution in [2.45, 2.75) is 24.3 Å². The van der Waals surface area contributed by atoms with Crippen LogP contribution in [-0.2, 0) is 4.79 Å². The first-order valence-electron chi connectivity index (χ1n) is 5.97. The zero-order valence-corrected chi connectivity index (χ0v) is 11.6. The molecule has 0 amide bonds. The molecule has 0 aliphatic heterocycles. The highest BCUT2D eigenvalue weighted by molar-refractivity contribution is 7.99. The Bertz CT molecular complexity index is 381. The summed E-state index contributed by atoms with van der Waals surface area (Å²) in [6, 6.07) is 7.46. The van der Waals surface area contributed by atoms with Crippen molar-refractivity contribution < 1.29 is 9.90 Å². The number of nitrogens with zero attached hydrogens (tertiary/aromatic N) is 1. The second-order valence-electron chi connectivity index (χ2n) is 4.08. The van der Waals surface area contributed by atoms with Gasteiger partial charge < -0.3 is 15.7 Å². The number of hydrogen-bond acceptors (Lipinski definition) is 4. The smallest absolute Gasteiger partial charge is 0.320 e. The van der Waals surface area contributed by atoms with Crippen molar-refractivity contribution >= 4 is 23.4 Å². The van der Waals surface area contributed by atoms with Gasteiger partial charge in [0.1, 0.15) is 6.04 Å². The summed E-state index contributed by atoms with van der Waals surface area (Å²) in [5.41, 5.74) is 6.55. The molecule has 0 saturated heterocycles. The predicted octanol–water partition coefficient (Wildman–Crippen LogP) is 2.04. The molecule has 0 spiro atoms. The van der Waals surface area contributed by atoms with E-state index in [4.69, 9.17) is 10.8 Å². The van der Waals surface area contributed by atoms with E-state index >= 15 is 0 Å². The molecule has 1 aromatic carbocycles. The molecule has 4 nitrogen and oxygen atoms in total. The van der Waals surface area contributed by atoms with Gasteiger partial charge in [-0.2, -0.15) is 0 Å². The molecule has 0 saturated carbocycles. The van der Waals surface area contributed by atoms with Crippen molar-refractivity contribution in [1.29, 1.82) is 0 Å². The van der Waals surface area contributed by atoms with Crippen LogP contribution in [0.4, 0.5) is 5.69 Å². The number of nitrogens with two attached hydrogens (primary N) is 1. The first-order valence-corrected chi connectivity index (χ1v) is 6.95. The largest absolute Gasteiger partial charge is 0.480 e. The number of carboxylic acid groups (broad SMARTS) is 1. The number of hydrogen-bond donors (Lipinski definition) is 2. The first-order chi connectivity index (χ1) is 8.54. The minimum absolute atomic E-state index is 0.442. The lowest BCUT2D eigenvalue weighted by Crippen LogP contribution is -2.34. The summed E-state index contributed by atoms with van der Waals surface area (Å²) < 4.78 is 0. The van der Waals surface area contributed by atoms with Gasteiger partial charge in [-0.15, -0.1) is 11.8 Å². The third-order valence-electron chi connectivity index (χ3n) is 2.68. The second-order valence-corrected chi connectivity index (χ2v) is 5.42. The highest BCUT2D eigenvalue weighted by atomic mass is 32.2. The minimum atomic E-state index is -0.946. The Morgan fingerprint density at radius 3 is 2.56 bits per heavy atom. The van der Waals surface area contributed by atoms with Crippen molar-refractivity contribution in [1.82, 2.24) is 0 Å². The lowest BCUT2D eigenvalue weighted by molar-refractivity contribution is -0.138. The normalized spacial score (nSPS) is 12.2. The minimum Gasteiger partial charge on any atom is -0.480 e. The third kappa shape index (κ3) is 4.58. The van der Waals surface area contributed by atoms with Crippen LogP contribution in [0.2, 0.25) is 0 Å². The highest BCUT2D eigenvalue weighted by Crippen LogP contribution is 2.21. The molecule has 1 unspecified atom stereocenters. The second kappa shape index (κ2) is 7.28. The van der Waals surface area contributed by atoms with Crippen LogP contribution in [0.5, 0.6) is 0 Å². The zero-order valence-electron chi connectivity index (χ0n) is 10.8. The van der Waals surface area contributed by atoms with E-state index in [9.17, 15) is 4.79 Å². The lowest BCUT2D eigenvalue weighted by Gasteiger charge is -2.20. The number of anilines is 1. The van der Waals surface area contributed by atoms with Crippen molar-refractivity contribution in [3.63, 3.8) is 0 Å². The Hall–Kier alpha value is -1.20. The van der Waals surface area contributed by atoms with Crippen molar-refractivity contribution in [3.05, 3.63) is 24.3 Å². The maximum Gasteiger partial charge on any atom is 0.320 e. The summed E-state index contributed by atoms with van der Waals surface area (Å²) >= 11 is 1.80. The standard InChI is InChI=1S/C13H20N2O2S/c1-3-18-11-6-4-10(5-7-11)15(2)9-8-12(14)13(16)17/h4-7,12H,3,8-9,14H2,1-2H3,(H,16,17). The summed E-state index contributed by atoms with van der Waals surface area (Å²) in [6.45, 7) is 2.76. The van der Waals surface area contributed by atoms with Gasteiger partial charge in [0.2, 0.25) is 0 Å². The predicted molar refractivity (Wildman–Crippen MR) is 76.3 cm³/mol. The van der Waals surface area contributed by atoms with Crippen molar-refractivity contribution in [3.8, 4) is 0 Å². The summed E-state index contributed by atoms with van der Waals surface area (Å²) in [5.74, 6) is 0.112. The van der Waals surface area contributed by atoms with Crippen molar-refractivity contribution in [2.75, 3.05) is 24.2 Å². The van der Waals surface area contributed by atoms with E-state index < -0.39 is 12.0 Å². The number of benzene rings is 1. The molecule has 1 rings (SSSR count). The molecular formula is C13H20N2O2S. The van der Waals surface area contributed by atoms with E-state index in [0.29, 0.717) is 13.0 Å². The van der Waals surface area contributed by atoms with Gasteiger partial charge in [0, 0.05) is 24.2 Å². The van der Waals surface area contributed by atoms with Gasteiger partial charge in [-0.3, -0.25) is 4.79 Å². The average molecular weight is 268 g/mol. The van der Waals surface area contributed by atoms with Crippen LogP contribution in [0.15, 0.2) is 29.2 Å². The van der Waals surface area contributed by atoms with E-state index in [1.54, 1.807) is 11.8 Å². The maximum absolute atomic E-state index is 10.6. The molecular weight excluding hydrogens is 248 g/mol. The van der Waals surface area contributed by atoms with Crippen LogP contribution in [0.3, 0.4) is 0 Å². The number of thioether (sulfide) groups is 1. The molecule has 0 aliphatic rings. The number of carboxylic acids is 1. The summed E-state index contributed by atoms with van der Waals surface area (Å²) in [5, 5.41) is 8.71. The van der Waals surface area contributed by atoms with Crippen LogP contribution in [0, 0.1) is 0 Å². The molecule has 3 N–H and O–H groups in total. The van der Waals surface area contributed by atoms with Gasteiger partial charge >= 0.3 is 5.97 Å². The monoisotopic (exact) mass is 268 g/mol. The van der Waals surface area contributed by atoms with E-state index in [1.807, 2.05) is 24.1 Å². The van der Waals surface area contributed by atoms with E-state index in [-0.39, 0.29) is 0 Å². The molecule has 100 valence electrons. The van der Waals surface area contributed by atoms with Gasteiger partial charge in [-0.1, -0.05) is 6.92 Å². The Morgan fingerprint density at radius 2 is 2.06 bits per heavy atom. The van der Waals surface area contributed by atoms with Gasteiger partial charge in [-0.25, -0.2) is 0 Å². The fraction of sp³-hybridized carbons (Fsp3) is 0.462. The van der Waals surface area contributed by atoms with Crippen LogP contribution >= 0.6 is 11.8 Å². The Morgan fingerprint density at radius 1 is 1.44 bits per heavy atom. The molecule has 1 aromatic rings. The summed E-state index contributed by atoms with van der Waals surface area (Å²) in [7, 11) is 1.94. The molecule has 0 bridgehead atoms. The fourth-order valence-corrected chi connectivity index (χ4v) is 2.21. The summed E-state index contributed by atoms with van der Waals surface area (Å²) in [6.07, 6.45) is 0.442. The van der Waals surface area contributed by atoms with Crippen LogP contribution in [0.1, 0.15) is 13.3 Å². The van der Waals surface area contributed by atoms with E-state index in [2.05, 4.69) is 19.1 Å². The van der Waals surface area contributed by atoms with E-state index in [1.165, 1.54) is 4.90 Å². The zero-order chi connectivity index (χ0) is 13.5. The number of aliphatic carboxylic acids is 1. The van der Waals surface area contributed by atoms with Gasteiger partial charge in [0.05, 0.1) is 0 Å². The molecule has 18 heavy (non-hydrogen) atoms. The molecule has 0 aliphatic carbocycles. The van der Waals surface area contributed by atoms with Crippen LogP contribution in [-0.4, -0.2) is 36.5 Å². The average Bonchev–Trinajstić information content (AvgIpc) is 2.36. The SMILES string of the molecule is CCSc1ccc(N(C)CCC(N)C(=O)O)cc1. The van der Waals surface area contributed by atoms with Crippen LogP contribution < -0.4 is 10.6 Å². The maximum atomic E-state index is 10.6. The third-order valence-corrected chi connectivity index (χ3v) is 3.58. The Kier molecular flexibility index (Phi) is 6.01. The first kappa shape index (κ1) is 14.9. The molecule has 5 heteroatoms. The van der Waals surface area contributed by atoms with Gasteiger partial charge in [0.15, 0.2) is 0 Å². The highest BCUT2D eigenvalue weighted by Gasteiger charge is 2.12. The number of carbonyl (C=O) groups is 1. The quantitative estimate of drug-likeness (QED) is 0.741. The van der Waals surface area contributed by atoms with Gasteiger partial charge in [-0.05, 0) is 36.4 Å². The Labute approximate surface area is 112 Å². The molecule has 0 aromatic heterocycles. The molecule has 0 heterocycles. The Balaban J connectivity index is 2.50. The molecule has 1 atom stereocenters. The summed E-state index contributed by atoms with van der Waals surface area (Å²) in [4.78, 5) is 13.9. The molecule has 0 fully saturated rings. The fourth-order valence-electron chi connectivity index (χ4n) is 1.55. The lowest BCUT2D eigenvalue weighted by atomic mass is 10.2. The van der Waals surface area contributed by atoms with Gasteiger partial charge in [0.25, 0.3) is 0 Å². The topological polar surface area (TPSA) is 66.6 Å².